The first-order chi connectivity index (χ1) is 10.2. The van der Waals surface area contributed by atoms with Crippen molar-refractivity contribution in [1.82, 2.24) is 9.55 Å². The summed E-state index contributed by atoms with van der Waals surface area (Å²) in [6.45, 7) is 0. The second-order valence-corrected chi connectivity index (χ2v) is 7.48. The number of fused-ring (bicyclic) bond motifs is 3. The van der Waals surface area contributed by atoms with E-state index in [1.165, 1.54) is 16.9 Å². The average Bonchev–Trinajstić information content (AvgIpc) is 3.12. The topological polar surface area (TPSA) is 47.0 Å². The van der Waals surface area contributed by atoms with E-state index in [0.717, 1.165) is 42.3 Å². The third kappa shape index (κ3) is 2.04. The molecule has 2 aliphatic carbocycles. The minimum absolute atomic E-state index is 0.106. The van der Waals surface area contributed by atoms with Crippen molar-refractivity contribution in [2.45, 2.75) is 50.7 Å². The van der Waals surface area contributed by atoms with Crippen molar-refractivity contribution in [2.24, 2.45) is 0 Å². The highest BCUT2D eigenvalue weighted by Crippen LogP contribution is 2.36. The van der Waals surface area contributed by atoms with Gasteiger partial charge in [-0.2, -0.15) is 0 Å². The Hall–Kier alpha value is -0.980. The number of thiophene rings is 1. The lowest BCUT2D eigenvalue weighted by atomic mass is 10.2. The number of rotatable bonds is 2. The number of hydrogen-bond acceptors (Lipinski definition) is 4. The molecule has 1 saturated carbocycles. The van der Waals surface area contributed by atoms with Gasteiger partial charge in [0.1, 0.15) is 4.83 Å². The number of methoxy groups -OCH3 is 1. The number of nitrogens with zero attached hydrogens (tertiary/aromatic N) is 1. The molecule has 0 amide bonds. The monoisotopic (exact) mass is 322 g/mol. The van der Waals surface area contributed by atoms with Crippen LogP contribution in [0.15, 0.2) is 4.79 Å². The zero-order chi connectivity index (χ0) is 14.6. The largest absolute Gasteiger partial charge is 0.381 e. The molecule has 0 saturated heterocycles. The van der Waals surface area contributed by atoms with Crippen molar-refractivity contribution < 1.29 is 4.74 Å². The average molecular weight is 322 g/mol. The third-order valence-electron chi connectivity index (χ3n) is 4.85. The zero-order valence-electron chi connectivity index (χ0n) is 12.0. The lowest BCUT2D eigenvalue weighted by Crippen LogP contribution is -2.26. The van der Waals surface area contributed by atoms with Gasteiger partial charge in [0, 0.05) is 18.0 Å². The van der Waals surface area contributed by atoms with Crippen LogP contribution in [0, 0.1) is 4.77 Å². The van der Waals surface area contributed by atoms with Crippen LogP contribution in [0.25, 0.3) is 10.2 Å². The molecular formula is C15H18N2O2S2. The van der Waals surface area contributed by atoms with Crippen molar-refractivity contribution >= 4 is 33.8 Å². The maximum absolute atomic E-state index is 13.0. The van der Waals surface area contributed by atoms with Crippen LogP contribution in [-0.4, -0.2) is 22.8 Å². The van der Waals surface area contributed by atoms with Crippen LogP contribution in [0.5, 0.6) is 0 Å². The predicted octanol–water partition coefficient (Wildman–Crippen LogP) is 3.35. The van der Waals surface area contributed by atoms with Gasteiger partial charge >= 0.3 is 0 Å². The van der Waals surface area contributed by atoms with E-state index in [2.05, 4.69) is 4.98 Å². The molecule has 21 heavy (non-hydrogen) atoms. The van der Waals surface area contributed by atoms with Crippen LogP contribution in [0.4, 0.5) is 0 Å². The van der Waals surface area contributed by atoms with Crippen LogP contribution < -0.4 is 5.56 Å². The fraction of sp³-hybridized carbons (Fsp3) is 0.600. The van der Waals surface area contributed by atoms with Gasteiger partial charge in [-0.3, -0.25) is 9.36 Å². The summed E-state index contributed by atoms with van der Waals surface area (Å²) in [5.74, 6) is 0. The summed E-state index contributed by atoms with van der Waals surface area (Å²) in [4.78, 5) is 18.6. The van der Waals surface area contributed by atoms with Gasteiger partial charge in [0.25, 0.3) is 5.56 Å². The van der Waals surface area contributed by atoms with Gasteiger partial charge in [-0.1, -0.05) is 0 Å². The molecule has 2 aromatic heterocycles. The first-order valence-corrected chi connectivity index (χ1v) is 8.73. The Labute approximate surface area is 131 Å². The van der Waals surface area contributed by atoms with E-state index in [0.29, 0.717) is 4.77 Å². The molecule has 2 unspecified atom stereocenters. The highest BCUT2D eigenvalue weighted by atomic mass is 32.1. The number of aromatic nitrogens is 2. The van der Waals surface area contributed by atoms with Gasteiger partial charge in [-0.15, -0.1) is 11.3 Å². The van der Waals surface area contributed by atoms with Crippen molar-refractivity contribution in [3.05, 3.63) is 25.6 Å². The molecule has 112 valence electrons. The molecule has 2 aliphatic rings. The highest BCUT2D eigenvalue weighted by molar-refractivity contribution is 7.71. The predicted molar refractivity (Wildman–Crippen MR) is 87.0 cm³/mol. The van der Waals surface area contributed by atoms with Crippen molar-refractivity contribution in [2.75, 3.05) is 7.11 Å². The van der Waals surface area contributed by atoms with Crippen molar-refractivity contribution in [3.8, 4) is 0 Å². The molecule has 0 bridgehead atoms. The summed E-state index contributed by atoms with van der Waals surface area (Å²) in [6, 6.07) is 0.174. The summed E-state index contributed by atoms with van der Waals surface area (Å²) in [5, 5.41) is 0.891. The lowest BCUT2D eigenvalue weighted by Gasteiger charge is -2.14. The number of ether oxygens (including phenoxy) is 1. The normalized spacial score (nSPS) is 24.8. The van der Waals surface area contributed by atoms with Crippen molar-refractivity contribution in [1.29, 1.82) is 0 Å². The highest BCUT2D eigenvalue weighted by Gasteiger charge is 2.29. The summed E-state index contributed by atoms with van der Waals surface area (Å²) in [7, 11) is 1.74. The van der Waals surface area contributed by atoms with Gasteiger partial charge in [0.15, 0.2) is 4.77 Å². The summed E-state index contributed by atoms with van der Waals surface area (Å²) in [6.07, 6.45) is 6.40. The van der Waals surface area contributed by atoms with Crippen LogP contribution in [0.1, 0.15) is 42.2 Å². The molecule has 6 heteroatoms. The van der Waals surface area contributed by atoms with Crippen LogP contribution >= 0.6 is 23.6 Å². The molecule has 0 spiro atoms. The Morgan fingerprint density at radius 3 is 3.00 bits per heavy atom. The molecule has 2 heterocycles. The maximum atomic E-state index is 13.0. The standard InChI is InChI=1S/C15H18N2O2S2/c1-19-9-6-5-8(7-9)17-14(18)12-10-3-2-4-11(10)21-13(12)16-15(17)20/h8-9H,2-7H2,1H3,(H,16,20). The maximum Gasteiger partial charge on any atom is 0.263 e. The van der Waals surface area contributed by atoms with E-state index in [9.17, 15) is 4.79 Å². The second-order valence-electron chi connectivity index (χ2n) is 5.99. The lowest BCUT2D eigenvalue weighted by molar-refractivity contribution is 0.105. The minimum atomic E-state index is 0.106. The SMILES string of the molecule is COC1CCC(n2c(=S)[nH]c3sc4c(c3c2=O)CCC4)C1. The molecule has 0 aliphatic heterocycles. The number of aryl methyl sites for hydroxylation is 2. The van der Waals surface area contributed by atoms with Gasteiger partial charge in [-0.05, 0) is 56.3 Å². The second kappa shape index (κ2) is 5.04. The molecule has 0 aromatic carbocycles. The van der Waals surface area contributed by atoms with Crippen LogP contribution in [0.3, 0.4) is 0 Å². The minimum Gasteiger partial charge on any atom is -0.381 e. The quantitative estimate of drug-likeness (QED) is 0.863. The molecule has 1 N–H and O–H groups in total. The zero-order valence-corrected chi connectivity index (χ0v) is 13.6. The third-order valence-corrected chi connectivity index (χ3v) is 6.35. The summed E-state index contributed by atoms with van der Waals surface area (Å²) < 4.78 is 7.80. The molecular weight excluding hydrogens is 304 g/mol. The van der Waals surface area contributed by atoms with E-state index in [4.69, 9.17) is 17.0 Å². The Bertz CT molecular complexity index is 817. The summed E-state index contributed by atoms with van der Waals surface area (Å²) in [5.41, 5.74) is 1.37. The van der Waals surface area contributed by atoms with E-state index in [-0.39, 0.29) is 17.7 Å². The number of nitrogens with one attached hydrogen (secondary N) is 1. The Kier molecular flexibility index (Phi) is 3.28. The molecule has 2 aromatic rings. The van der Waals surface area contributed by atoms with Crippen LogP contribution in [0.2, 0.25) is 0 Å². The molecule has 4 rings (SSSR count). The smallest absolute Gasteiger partial charge is 0.263 e. The Balaban J connectivity index is 1.90. The Morgan fingerprint density at radius 1 is 1.38 bits per heavy atom. The number of aromatic amines is 1. The fourth-order valence-electron chi connectivity index (χ4n) is 3.79. The summed E-state index contributed by atoms with van der Waals surface area (Å²) >= 11 is 7.17. The van der Waals surface area contributed by atoms with Gasteiger partial charge in [-0.25, -0.2) is 0 Å². The fourth-order valence-corrected chi connectivity index (χ4v) is 5.47. The molecule has 1 fully saturated rings. The van der Waals surface area contributed by atoms with Crippen molar-refractivity contribution in [3.63, 3.8) is 0 Å². The van der Waals surface area contributed by atoms with E-state index >= 15 is 0 Å². The first kappa shape index (κ1) is 13.7. The molecule has 2 atom stereocenters. The van der Waals surface area contributed by atoms with E-state index < -0.39 is 0 Å². The van der Waals surface area contributed by atoms with Crippen LogP contribution in [-0.2, 0) is 17.6 Å². The first-order valence-electron chi connectivity index (χ1n) is 7.51. The molecule has 4 nitrogen and oxygen atoms in total. The molecule has 0 radical (unpaired) electrons. The number of hydrogen-bond donors (Lipinski definition) is 1. The van der Waals surface area contributed by atoms with Gasteiger partial charge < -0.3 is 9.72 Å². The van der Waals surface area contributed by atoms with E-state index in [1.54, 1.807) is 18.4 Å². The van der Waals surface area contributed by atoms with Gasteiger partial charge in [0.2, 0.25) is 0 Å². The van der Waals surface area contributed by atoms with E-state index in [1.807, 2.05) is 4.57 Å². The Morgan fingerprint density at radius 2 is 2.24 bits per heavy atom. The number of H-pyrrole nitrogens is 1. The van der Waals surface area contributed by atoms with Gasteiger partial charge in [0.05, 0.1) is 11.5 Å².